The number of hydrogen-bond donors (Lipinski definition) is 0. The first-order chi connectivity index (χ1) is 15.7. The van der Waals surface area contributed by atoms with Crippen LogP contribution < -0.4 is 5.56 Å². The quantitative estimate of drug-likeness (QED) is 0.382. The maximum atomic E-state index is 13.6. The summed E-state index contributed by atoms with van der Waals surface area (Å²) in [6, 6.07) is 7.49. The summed E-state index contributed by atoms with van der Waals surface area (Å²) in [5.74, 6) is -2.47. The Hall–Kier alpha value is -2.53. The number of benzene rings is 1. The minimum absolute atomic E-state index is 0.0385. The molecule has 0 spiro atoms. The van der Waals surface area contributed by atoms with Crippen molar-refractivity contribution >= 4 is 34.3 Å². The third-order valence-corrected chi connectivity index (χ3v) is 6.11. The van der Waals surface area contributed by atoms with Gasteiger partial charge in [0.05, 0.1) is 17.1 Å². The molecule has 0 N–H and O–H groups in total. The van der Waals surface area contributed by atoms with Crippen LogP contribution in [0, 0.1) is 0 Å². The maximum Gasteiger partial charge on any atom is 0.449 e. The van der Waals surface area contributed by atoms with E-state index in [1.165, 1.54) is 6.92 Å². The number of carbonyl (C=O) groups is 1. The van der Waals surface area contributed by atoms with Crippen molar-refractivity contribution in [3.63, 3.8) is 0 Å². The lowest BCUT2D eigenvalue weighted by Crippen LogP contribution is -2.33. The molecule has 0 aliphatic heterocycles. The second-order valence-corrected chi connectivity index (χ2v) is 10.5. The van der Waals surface area contributed by atoms with E-state index < -0.39 is 45.8 Å². The summed E-state index contributed by atoms with van der Waals surface area (Å²) in [7, 11) is -1.63. The van der Waals surface area contributed by atoms with Gasteiger partial charge in [-0.05, 0) is 58.2 Å². The first-order valence-electron chi connectivity index (χ1n) is 10.3. The summed E-state index contributed by atoms with van der Waals surface area (Å²) >= 11 is 5.93. The molecular formula is C22H25ClF3N3O4S. The van der Waals surface area contributed by atoms with Gasteiger partial charge in [-0.15, -0.1) is 0 Å². The Kier molecular flexibility index (Phi) is 9.18. The van der Waals surface area contributed by atoms with E-state index in [2.05, 4.69) is 14.1 Å². The first kappa shape index (κ1) is 27.7. The van der Waals surface area contributed by atoms with E-state index in [0.29, 0.717) is 16.3 Å². The Bertz CT molecular complexity index is 1140. The van der Waals surface area contributed by atoms with Crippen molar-refractivity contribution in [3.8, 4) is 0 Å². The molecular weight excluding hydrogens is 495 g/mol. The van der Waals surface area contributed by atoms with Crippen molar-refractivity contribution in [2.45, 2.75) is 58.0 Å². The van der Waals surface area contributed by atoms with E-state index in [4.69, 9.17) is 11.6 Å². The molecule has 2 rings (SSSR count). The van der Waals surface area contributed by atoms with Gasteiger partial charge in [-0.1, -0.05) is 23.7 Å². The molecule has 0 amide bonds. The molecule has 0 aliphatic rings. The zero-order chi connectivity index (χ0) is 25.7. The van der Waals surface area contributed by atoms with Crippen LogP contribution in [-0.2, 0) is 39.7 Å². The molecule has 0 fully saturated rings. The van der Waals surface area contributed by atoms with Crippen LogP contribution in [0.1, 0.15) is 51.2 Å². The number of esters is 1. The van der Waals surface area contributed by atoms with E-state index >= 15 is 0 Å². The highest BCUT2D eigenvalue weighted by atomic mass is 35.5. The standard InChI is InChI=1S/C22H25ClF3N3O4S/c1-5-33-19(31)13-29-18(30)12-16(27-20(29)22(24,25)26)10-11-17(28-34(32)21(2,3)4)14-6-8-15(23)9-7-14/h6-9,12H,5,10-11,13H2,1-4H3/b28-17+/t34-/m0/s1. The van der Waals surface area contributed by atoms with Crippen LogP contribution >= 0.6 is 11.6 Å². The van der Waals surface area contributed by atoms with Gasteiger partial charge in [0.15, 0.2) is 0 Å². The molecule has 12 heteroatoms. The first-order valence-corrected chi connectivity index (χ1v) is 11.8. The molecule has 1 atom stereocenters. The molecule has 0 saturated carbocycles. The van der Waals surface area contributed by atoms with Gasteiger partial charge in [-0.3, -0.25) is 14.2 Å². The minimum Gasteiger partial charge on any atom is -0.465 e. The lowest BCUT2D eigenvalue weighted by Gasteiger charge is -2.16. The van der Waals surface area contributed by atoms with Crippen LogP contribution in [-0.4, -0.2) is 36.8 Å². The van der Waals surface area contributed by atoms with E-state index in [1.54, 1.807) is 45.0 Å². The number of aromatic nitrogens is 2. The van der Waals surface area contributed by atoms with E-state index in [-0.39, 0.29) is 29.7 Å². The molecule has 7 nitrogen and oxygen atoms in total. The molecule has 1 aromatic heterocycles. The Balaban J connectivity index is 2.43. The highest BCUT2D eigenvalue weighted by Gasteiger charge is 2.37. The van der Waals surface area contributed by atoms with Gasteiger partial charge in [0, 0.05) is 16.8 Å². The summed E-state index contributed by atoms with van der Waals surface area (Å²) in [4.78, 5) is 27.7. The average molecular weight is 520 g/mol. The zero-order valence-corrected chi connectivity index (χ0v) is 20.7. The summed E-state index contributed by atoms with van der Waals surface area (Å²) in [6.45, 7) is 5.78. The molecule has 0 bridgehead atoms. The predicted octanol–water partition coefficient (Wildman–Crippen LogP) is 4.36. The number of halogens is 4. The molecule has 34 heavy (non-hydrogen) atoms. The van der Waals surface area contributed by atoms with Crippen molar-refractivity contribution in [3.05, 3.63) is 62.8 Å². The fourth-order valence-corrected chi connectivity index (χ4v) is 3.55. The molecule has 0 aliphatic carbocycles. The Morgan fingerprint density at radius 1 is 1.21 bits per heavy atom. The minimum atomic E-state index is -4.97. The van der Waals surface area contributed by atoms with Crippen LogP contribution in [0.25, 0.3) is 0 Å². The third kappa shape index (κ3) is 7.76. The van der Waals surface area contributed by atoms with Gasteiger partial charge >= 0.3 is 12.1 Å². The van der Waals surface area contributed by atoms with Crippen LogP contribution in [0.4, 0.5) is 13.2 Å². The molecule has 1 aromatic carbocycles. The number of carbonyl (C=O) groups excluding carboxylic acids is 1. The number of hydrogen-bond acceptors (Lipinski definition) is 5. The normalized spacial score (nSPS) is 13.6. The largest absolute Gasteiger partial charge is 0.465 e. The highest BCUT2D eigenvalue weighted by molar-refractivity contribution is 7.85. The van der Waals surface area contributed by atoms with E-state index in [1.807, 2.05) is 0 Å². The topological polar surface area (TPSA) is 90.6 Å². The summed E-state index contributed by atoms with van der Waals surface area (Å²) in [6.07, 6.45) is -4.99. The van der Waals surface area contributed by atoms with E-state index in [9.17, 15) is 27.0 Å². The number of alkyl halides is 3. The molecule has 186 valence electrons. The SMILES string of the molecule is CCOC(=O)Cn1c(C(F)(F)F)nc(CC/C(=N\[S@@](=O)C(C)(C)C)c2ccc(Cl)cc2)cc1=O. The van der Waals surface area contributed by atoms with Crippen molar-refractivity contribution in [2.24, 2.45) is 4.40 Å². The molecule has 0 unspecified atom stereocenters. The van der Waals surface area contributed by atoms with Gasteiger partial charge < -0.3 is 4.74 Å². The maximum absolute atomic E-state index is 13.6. The predicted molar refractivity (Wildman–Crippen MR) is 124 cm³/mol. The van der Waals surface area contributed by atoms with Gasteiger partial charge in [-0.25, -0.2) is 9.19 Å². The second kappa shape index (κ2) is 11.3. The number of aryl methyl sites for hydroxylation is 1. The second-order valence-electron chi connectivity index (χ2n) is 8.20. The summed E-state index contributed by atoms with van der Waals surface area (Å²) in [5, 5.41) is 0.474. The molecule has 2 aromatic rings. The Morgan fingerprint density at radius 2 is 1.82 bits per heavy atom. The Labute approximate surface area is 202 Å². The summed E-state index contributed by atoms with van der Waals surface area (Å²) < 4.78 is 61.9. The molecule has 1 heterocycles. The van der Waals surface area contributed by atoms with E-state index in [0.717, 1.165) is 6.07 Å². The van der Waals surface area contributed by atoms with Gasteiger partial charge in [0.2, 0.25) is 5.82 Å². The molecule has 0 radical (unpaired) electrons. The van der Waals surface area contributed by atoms with Crippen molar-refractivity contribution < 1.29 is 26.9 Å². The fraction of sp³-hybridized carbons (Fsp3) is 0.455. The number of rotatable bonds is 8. The van der Waals surface area contributed by atoms with Crippen molar-refractivity contribution in [2.75, 3.05) is 6.61 Å². The lowest BCUT2D eigenvalue weighted by atomic mass is 10.0. The highest BCUT2D eigenvalue weighted by Crippen LogP contribution is 2.27. The van der Waals surface area contributed by atoms with Gasteiger partial charge in [0.1, 0.15) is 17.5 Å². The van der Waals surface area contributed by atoms with Crippen LogP contribution in [0.5, 0.6) is 0 Å². The van der Waals surface area contributed by atoms with Crippen molar-refractivity contribution in [1.82, 2.24) is 9.55 Å². The number of ether oxygens (including phenoxy) is 1. The fourth-order valence-electron chi connectivity index (χ4n) is 2.75. The third-order valence-electron chi connectivity index (χ3n) is 4.42. The lowest BCUT2D eigenvalue weighted by molar-refractivity contribution is -0.152. The van der Waals surface area contributed by atoms with Gasteiger partial charge in [-0.2, -0.15) is 17.6 Å². The Morgan fingerprint density at radius 3 is 2.35 bits per heavy atom. The number of nitrogens with zero attached hydrogens (tertiary/aromatic N) is 3. The van der Waals surface area contributed by atoms with Crippen LogP contribution in [0.3, 0.4) is 0 Å². The zero-order valence-electron chi connectivity index (χ0n) is 19.1. The monoisotopic (exact) mass is 519 g/mol. The average Bonchev–Trinajstić information content (AvgIpc) is 2.72. The van der Waals surface area contributed by atoms with Crippen LogP contribution in [0.2, 0.25) is 5.02 Å². The molecule has 0 saturated heterocycles. The smallest absolute Gasteiger partial charge is 0.449 e. The van der Waals surface area contributed by atoms with Gasteiger partial charge in [0.25, 0.3) is 5.56 Å². The van der Waals surface area contributed by atoms with Crippen LogP contribution in [0.15, 0.2) is 39.5 Å². The summed E-state index contributed by atoms with van der Waals surface area (Å²) in [5.41, 5.74) is -0.209. The van der Waals surface area contributed by atoms with Crippen molar-refractivity contribution in [1.29, 1.82) is 0 Å².